The molecule has 0 radical (unpaired) electrons. The minimum absolute atomic E-state index is 0.303. The van der Waals surface area contributed by atoms with E-state index in [4.69, 9.17) is 0 Å². The van der Waals surface area contributed by atoms with Gasteiger partial charge in [0.15, 0.2) is 11.6 Å². The first-order valence-electron chi connectivity index (χ1n) is 7.02. The maximum absolute atomic E-state index is 13.3. The van der Waals surface area contributed by atoms with Gasteiger partial charge in [-0.05, 0) is 30.7 Å². The molecule has 0 bridgehead atoms. The third-order valence-corrected chi connectivity index (χ3v) is 6.79. The third-order valence-electron chi connectivity index (χ3n) is 3.54. The molecule has 1 heterocycles. The van der Waals surface area contributed by atoms with E-state index in [-0.39, 0.29) is 0 Å². The summed E-state index contributed by atoms with van der Waals surface area (Å²) in [7, 11) is 0. The second-order valence-corrected chi connectivity index (χ2v) is 7.80. The SMILES string of the molecule is CCNC(Cc1ccc(F)c(F)c1)C1SCCSC1C. The molecule has 5 heteroatoms. The largest absolute Gasteiger partial charge is 0.313 e. The number of hydrogen-bond acceptors (Lipinski definition) is 3. The maximum Gasteiger partial charge on any atom is 0.159 e. The van der Waals surface area contributed by atoms with E-state index in [1.165, 1.54) is 23.6 Å². The van der Waals surface area contributed by atoms with Crippen LogP contribution < -0.4 is 5.32 Å². The zero-order valence-electron chi connectivity index (χ0n) is 11.9. The van der Waals surface area contributed by atoms with Crippen LogP contribution in [0.15, 0.2) is 18.2 Å². The molecule has 1 saturated heterocycles. The molecule has 20 heavy (non-hydrogen) atoms. The van der Waals surface area contributed by atoms with Crippen molar-refractivity contribution >= 4 is 23.5 Å². The smallest absolute Gasteiger partial charge is 0.159 e. The normalized spacial score (nSPS) is 24.6. The number of benzene rings is 1. The Balaban J connectivity index is 2.09. The fraction of sp³-hybridized carbons (Fsp3) is 0.600. The lowest BCUT2D eigenvalue weighted by atomic mass is 10.0. The van der Waals surface area contributed by atoms with Crippen molar-refractivity contribution < 1.29 is 8.78 Å². The second-order valence-electron chi connectivity index (χ2n) is 5.03. The van der Waals surface area contributed by atoms with Gasteiger partial charge in [0, 0.05) is 28.0 Å². The van der Waals surface area contributed by atoms with E-state index in [0.29, 0.717) is 16.5 Å². The van der Waals surface area contributed by atoms with Crippen LogP contribution in [-0.2, 0) is 6.42 Å². The highest BCUT2D eigenvalue weighted by atomic mass is 32.2. The first kappa shape index (κ1) is 16.1. The zero-order chi connectivity index (χ0) is 14.5. The molecule has 1 aliphatic rings. The summed E-state index contributed by atoms with van der Waals surface area (Å²) >= 11 is 4.00. The van der Waals surface area contributed by atoms with Gasteiger partial charge in [0.05, 0.1) is 0 Å². The number of hydrogen-bond donors (Lipinski definition) is 1. The highest BCUT2D eigenvalue weighted by Gasteiger charge is 2.30. The number of thioether (sulfide) groups is 2. The predicted octanol–water partition coefficient (Wildman–Crippen LogP) is 3.72. The van der Waals surface area contributed by atoms with Crippen LogP contribution in [0.4, 0.5) is 8.78 Å². The molecule has 0 aromatic heterocycles. The molecular formula is C15H21F2NS2. The van der Waals surface area contributed by atoms with Crippen LogP contribution in [-0.4, -0.2) is 34.6 Å². The average molecular weight is 317 g/mol. The lowest BCUT2D eigenvalue weighted by Gasteiger charge is -2.35. The molecule has 3 unspecified atom stereocenters. The summed E-state index contributed by atoms with van der Waals surface area (Å²) in [6.45, 7) is 5.24. The molecule has 1 nitrogen and oxygen atoms in total. The fourth-order valence-electron chi connectivity index (χ4n) is 2.58. The van der Waals surface area contributed by atoms with Crippen molar-refractivity contribution in [3.8, 4) is 0 Å². The molecule has 0 aliphatic carbocycles. The monoisotopic (exact) mass is 317 g/mol. The quantitative estimate of drug-likeness (QED) is 0.889. The van der Waals surface area contributed by atoms with Gasteiger partial charge in [0.25, 0.3) is 0 Å². The Morgan fingerprint density at radius 1 is 1.25 bits per heavy atom. The molecule has 0 saturated carbocycles. The molecule has 3 atom stereocenters. The number of rotatable bonds is 5. The van der Waals surface area contributed by atoms with Gasteiger partial charge >= 0.3 is 0 Å². The molecule has 112 valence electrons. The molecule has 0 amide bonds. The standard InChI is InChI=1S/C15H21F2NS2/c1-3-18-14(15-10(2)19-6-7-20-15)9-11-4-5-12(16)13(17)8-11/h4-5,8,10,14-15,18H,3,6-7,9H2,1-2H3. The lowest BCUT2D eigenvalue weighted by Crippen LogP contribution is -2.45. The molecular weight excluding hydrogens is 296 g/mol. The van der Waals surface area contributed by atoms with Crippen molar-refractivity contribution in [2.45, 2.75) is 36.8 Å². The molecule has 1 aromatic carbocycles. The number of halogens is 2. The van der Waals surface area contributed by atoms with Crippen LogP contribution >= 0.6 is 23.5 Å². The Morgan fingerprint density at radius 2 is 2.00 bits per heavy atom. The Morgan fingerprint density at radius 3 is 2.65 bits per heavy atom. The van der Waals surface area contributed by atoms with E-state index in [2.05, 4.69) is 19.2 Å². The summed E-state index contributed by atoms with van der Waals surface area (Å²) in [4.78, 5) is 0. The fourth-order valence-corrected chi connectivity index (χ4v) is 5.54. The van der Waals surface area contributed by atoms with E-state index in [9.17, 15) is 8.78 Å². The zero-order valence-corrected chi connectivity index (χ0v) is 13.5. The first-order valence-corrected chi connectivity index (χ1v) is 9.12. The molecule has 2 rings (SSSR count). The van der Waals surface area contributed by atoms with E-state index in [1.54, 1.807) is 6.07 Å². The topological polar surface area (TPSA) is 12.0 Å². The minimum atomic E-state index is -0.773. The van der Waals surface area contributed by atoms with Crippen LogP contribution in [0.1, 0.15) is 19.4 Å². The van der Waals surface area contributed by atoms with E-state index < -0.39 is 11.6 Å². The molecule has 0 spiro atoms. The van der Waals surface area contributed by atoms with Gasteiger partial charge in [-0.1, -0.05) is 19.9 Å². The molecule has 1 N–H and O–H groups in total. The maximum atomic E-state index is 13.3. The van der Waals surface area contributed by atoms with Crippen molar-refractivity contribution in [1.29, 1.82) is 0 Å². The summed E-state index contributed by atoms with van der Waals surface area (Å²) < 4.78 is 26.3. The van der Waals surface area contributed by atoms with Crippen LogP contribution in [0, 0.1) is 11.6 Å². The van der Waals surface area contributed by atoms with Gasteiger partial charge < -0.3 is 5.32 Å². The Kier molecular flexibility index (Phi) is 6.18. The van der Waals surface area contributed by atoms with Gasteiger partial charge in [-0.15, -0.1) is 0 Å². The van der Waals surface area contributed by atoms with Crippen LogP contribution in [0.3, 0.4) is 0 Å². The highest BCUT2D eigenvalue weighted by molar-refractivity contribution is 8.07. The van der Waals surface area contributed by atoms with Crippen LogP contribution in [0.2, 0.25) is 0 Å². The van der Waals surface area contributed by atoms with Gasteiger partial charge in [-0.25, -0.2) is 8.78 Å². The summed E-state index contributed by atoms with van der Waals surface area (Å²) in [5.74, 6) is 0.840. The summed E-state index contributed by atoms with van der Waals surface area (Å²) in [6.07, 6.45) is 0.744. The van der Waals surface area contributed by atoms with Gasteiger partial charge in [0.2, 0.25) is 0 Å². The summed E-state index contributed by atoms with van der Waals surface area (Å²) in [5.41, 5.74) is 0.859. The summed E-state index contributed by atoms with van der Waals surface area (Å²) in [6, 6.07) is 4.54. The predicted molar refractivity (Wildman–Crippen MR) is 85.7 cm³/mol. The first-order chi connectivity index (χ1) is 9.61. The van der Waals surface area contributed by atoms with Crippen molar-refractivity contribution in [3.63, 3.8) is 0 Å². The Labute approximate surface area is 128 Å². The van der Waals surface area contributed by atoms with Crippen LogP contribution in [0.25, 0.3) is 0 Å². The average Bonchev–Trinajstić information content (AvgIpc) is 2.43. The number of nitrogens with one attached hydrogen (secondary N) is 1. The minimum Gasteiger partial charge on any atom is -0.313 e. The van der Waals surface area contributed by atoms with Crippen molar-refractivity contribution in [1.82, 2.24) is 5.32 Å². The van der Waals surface area contributed by atoms with E-state index in [1.807, 2.05) is 23.5 Å². The Bertz CT molecular complexity index is 442. The lowest BCUT2D eigenvalue weighted by molar-refractivity contribution is 0.489. The number of likely N-dealkylation sites (N-methyl/N-ethyl adjacent to an activating group) is 1. The molecule has 1 fully saturated rings. The van der Waals surface area contributed by atoms with E-state index >= 15 is 0 Å². The van der Waals surface area contributed by atoms with Gasteiger partial charge in [-0.3, -0.25) is 0 Å². The van der Waals surface area contributed by atoms with E-state index in [0.717, 1.165) is 18.5 Å². The van der Waals surface area contributed by atoms with Gasteiger partial charge in [-0.2, -0.15) is 23.5 Å². The van der Waals surface area contributed by atoms with Crippen molar-refractivity contribution in [3.05, 3.63) is 35.4 Å². The molecule has 1 aliphatic heterocycles. The highest BCUT2D eigenvalue weighted by Crippen LogP contribution is 2.34. The van der Waals surface area contributed by atoms with Crippen molar-refractivity contribution in [2.75, 3.05) is 18.1 Å². The second kappa shape index (κ2) is 7.66. The Hall–Kier alpha value is -0.260. The van der Waals surface area contributed by atoms with Crippen molar-refractivity contribution in [2.24, 2.45) is 0 Å². The third kappa shape index (κ3) is 4.12. The van der Waals surface area contributed by atoms with Crippen LogP contribution in [0.5, 0.6) is 0 Å². The van der Waals surface area contributed by atoms with Gasteiger partial charge in [0.1, 0.15) is 0 Å². The summed E-state index contributed by atoms with van der Waals surface area (Å²) in [5, 5.41) is 4.62. The molecule has 1 aromatic rings.